The number of amides is 2. The minimum absolute atomic E-state index is 0.0196. The number of likely N-dealkylation sites (tertiary alicyclic amines) is 1. The fourth-order valence-electron chi connectivity index (χ4n) is 3.19. The highest BCUT2D eigenvalue weighted by Gasteiger charge is 2.26. The molecule has 1 aromatic carbocycles. The van der Waals surface area contributed by atoms with Gasteiger partial charge in [0.25, 0.3) is 5.69 Å². The molecule has 28 heavy (non-hydrogen) atoms. The molecule has 0 saturated carbocycles. The van der Waals surface area contributed by atoms with Crippen LogP contribution in [0.3, 0.4) is 0 Å². The lowest BCUT2D eigenvalue weighted by Crippen LogP contribution is -2.43. The second-order valence-corrected chi connectivity index (χ2v) is 8.29. The van der Waals surface area contributed by atoms with Crippen molar-refractivity contribution in [2.75, 3.05) is 26.7 Å². The molecule has 8 nitrogen and oxygen atoms in total. The van der Waals surface area contributed by atoms with Crippen LogP contribution in [0.4, 0.5) is 10.5 Å². The number of nitrogens with zero attached hydrogens (tertiary/aromatic N) is 3. The third-order valence-corrected chi connectivity index (χ3v) is 4.71. The first-order valence-corrected chi connectivity index (χ1v) is 9.50. The molecule has 0 atom stereocenters. The molecule has 0 spiro atoms. The van der Waals surface area contributed by atoms with Crippen molar-refractivity contribution >= 4 is 17.7 Å². The Balaban J connectivity index is 1.78. The Morgan fingerprint density at radius 1 is 1.21 bits per heavy atom. The molecule has 0 unspecified atom stereocenters. The number of carbonyl (C=O) groups excluding carboxylic acids is 2. The Hall–Kier alpha value is -2.64. The van der Waals surface area contributed by atoms with Gasteiger partial charge in [0.15, 0.2) is 0 Å². The summed E-state index contributed by atoms with van der Waals surface area (Å²) in [5.74, 6) is 0.355. The first-order chi connectivity index (χ1) is 13.0. The maximum Gasteiger partial charge on any atom is 0.410 e. The fourth-order valence-corrected chi connectivity index (χ4v) is 3.19. The summed E-state index contributed by atoms with van der Waals surface area (Å²) < 4.78 is 5.37. The molecule has 0 bridgehead atoms. The molecule has 1 aromatic rings. The zero-order chi connectivity index (χ0) is 20.9. The number of nitro benzene ring substituents is 1. The van der Waals surface area contributed by atoms with Gasteiger partial charge in [-0.15, -0.1) is 0 Å². The second-order valence-electron chi connectivity index (χ2n) is 8.29. The Morgan fingerprint density at radius 2 is 1.79 bits per heavy atom. The van der Waals surface area contributed by atoms with Gasteiger partial charge in [-0.3, -0.25) is 14.9 Å². The van der Waals surface area contributed by atoms with E-state index in [4.69, 9.17) is 4.74 Å². The zero-order valence-corrected chi connectivity index (χ0v) is 17.0. The Morgan fingerprint density at radius 3 is 2.29 bits per heavy atom. The second kappa shape index (κ2) is 9.03. The number of hydrogen-bond donors (Lipinski definition) is 0. The highest BCUT2D eigenvalue weighted by atomic mass is 16.6. The molecule has 1 aliphatic rings. The monoisotopic (exact) mass is 391 g/mol. The number of nitro groups is 1. The van der Waals surface area contributed by atoms with Crippen LogP contribution in [0.15, 0.2) is 24.3 Å². The van der Waals surface area contributed by atoms with Gasteiger partial charge in [0, 0.05) is 38.8 Å². The smallest absolute Gasteiger partial charge is 0.410 e. The molecule has 0 aliphatic carbocycles. The molecule has 1 saturated heterocycles. The van der Waals surface area contributed by atoms with E-state index in [9.17, 15) is 19.7 Å². The van der Waals surface area contributed by atoms with Gasteiger partial charge in [0.1, 0.15) is 5.60 Å². The summed E-state index contributed by atoms with van der Waals surface area (Å²) in [4.78, 5) is 38.2. The Bertz CT molecular complexity index is 704. The molecule has 1 aliphatic heterocycles. The van der Waals surface area contributed by atoms with Crippen LogP contribution in [0.5, 0.6) is 0 Å². The van der Waals surface area contributed by atoms with E-state index in [0.717, 1.165) is 18.4 Å². The van der Waals surface area contributed by atoms with Crippen LogP contribution in [-0.2, 0) is 16.0 Å². The molecule has 8 heteroatoms. The number of rotatable bonds is 5. The van der Waals surface area contributed by atoms with E-state index in [1.807, 2.05) is 25.7 Å². The van der Waals surface area contributed by atoms with Crippen molar-refractivity contribution in [3.8, 4) is 0 Å². The lowest BCUT2D eigenvalue weighted by molar-refractivity contribution is -0.384. The normalized spacial score (nSPS) is 15.2. The van der Waals surface area contributed by atoms with Gasteiger partial charge in [-0.1, -0.05) is 12.1 Å². The summed E-state index contributed by atoms with van der Waals surface area (Å²) in [6, 6.07) is 6.08. The number of carbonyl (C=O) groups is 2. The van der Waals surface area contributed by atoms with E-state index >= 15 is 0 Å². The maximum absolute atomic E-state index is 12.5. The largest absolute Gasteiger partial charge is 0.444 e. The van der Waals surface area contributed by atoms with E-state index < -0.39 is 10.5 Å². The molecule has 2 rings (SSSR count). The van der Waals surface area contributed by atoms with Crippen molar-refractivity contribution < 1.29 is 19.2 Å². The Kier molecular flexibility index (Phi) is 6.99. The Labute approximate surface area is 165 Å². The molecule has 0 radical (unpaired) electrons. The van der Waals surface area contributed by atoms with Crippen molar-refractivity contribution in [3.63, 3.8) is 0 Å². The molecular weight excluding hydrogens is 362 g/mol. The number of hydrogen-bond acceptors (Lipinski definition) is 5. The predicted molar refractivity (Wildman–Crippen MR) is 105 cm³/mol. The summed E-state index contributed by atoms with van der Waals surface area (Å²) >= 11 is 0. The summed E-state index contributed by atoms with van der Waals surface area (Å²) in [5, 5.41) is 10.7. The number of non-ortho nitro benzene ring substituents is 1. The fraction of sp³-hybridized carbons (Fsp3) is 0.600. The van der Waals surface area contributed by atoms with Crippen LogP contribution in [0.25, 0.3) is 0 Å². The molecule has 154 valence electrons. The number of piperidine rings is 1. The SMILES string of the molecule is CN(CC1CCN(C(=O)Cc2ccc([N+](=O)[O-])cc2)CC1)C(=O)OC(C)(C)C. The first kappa shape index (κ1) is 21.7. The van der Waals surface area contributed by atoms with Crippen LogP contribution in [0.1, 0.15) is 39.2 Å². The van der Waals surface area contributed by atoms with Crippen LogP contribution < -0.4 is 0 Å². The van der Waals surface area contributed by atoms with E-state index in [1.165, 1.54) is 12.1 Å². The van der Waals surface area contributed by atoms with Gasteiger partial charge < -0.3 is 14.5 Å². The average Bonchev–Trinajstić information content (AvgIpc) is 2.61. The molecule has 1 fully saturated rings. The van der Waals surface area contributed by atoms with Gasteiger partial charge in [-0.05, 0) is 45.1 Å². The van der Waals surface area contributed by atoms with Crippen LogP contribution in [-0.4, -0.2) is 59.0 Å². The van der Waals surface area contributed by atoms with Crippen LogP contribution in [0, 0.1) is 16.0 Å². The summed E-state index contributed by atoms with van der Waals surface area (Å²) in [7, 11) is 1.74. The number of benzene rings is 1. The lowest BCUT2D eigenvalue weighted by atomic mass is 9.96. The quantitative estimate of drug-likeness (QED) is 0.567. The molecule has 0 N–H and O–H groups in total. The van der Waals surface area contributed by atoms with Crippen LogP contribution >= 0.6 is 0 Å². The maximum atomic E-state index is 12.5. The van der Waals surface area contributed by atoms with Crippen molar-refractivity contribution in [2.45, 2.75) is 45.6 Å². The summed E-state index contributed by atoms with van der Waals surface area (Å²) in [6.45, 7) is 7.44. The van der Waals surface area contributed by atoms with Gasteiger partial charge in [-0.2, -0.15) is 0 Å². The highest BCUT2D eigenvalue weighted by Crippen LogP contribution is 2.20. The first-order valence-electron chi connectivity index (χ1n) is 9.50. The topological polar surface area (TPSA) is 93.0 Å². The van der Waals surface area contributed by atoms with E-state index in [1.54, 1.807) is 24.1 Å². The third-order valence-electron chi connectivity index (χ3n) is 4.71. The molecule has 1 heterocycles. The van der Waals surface area contributed by atoms with Crippen molar-refractivity contribution in [1.29, 1.82) is 0 Å². The molecular formula is C20H29N3O5. The van der Waals surface area contributed by atoms with Crippen LogP contribution in [0.2, 0.25) is 0 Å². The zero-order valence-electron chi connectivity index (χ0n) is 17.0. The highest BCUT2D eigenvalue weighted by molar-refractivity contribution is 5.79. The number of ether oxygens (including phenoxy) is 1. The van der Waals surface area contributed by atoms with Gasteiger partial charge in [0.05, 0.1) is 11.3 Å². The van der Waals surface area contributed by atoms with Crippen molar-refractivity contribution in [1.82, 2.24) is 9.80 Å². The van der Waals surface area contributed by atoms with Crippen molar-refractivity contribution in [3.05, 3.63) is 39.9 Å². The standard InChI is InChI=1S/C20H29N3O5/c1-20(2,3)28-19(25)21(4)14-16-9-11-22(12-10-16)18(24)13-15-5-7-17(8-6-15)23(26)27/h5-8,16H,9-14H2,1-4H3. The van der Waals surface area contributed by atoms with E-state index in [-0.39, 0.29) is 24.1 Å². The van der Waals surface area contributed by atoms with E-state index in [0.29, 0.717) is 25.6 Å². The van der Waals surface area contributed by atoms with Crippen molar-refractivity contribution in [2.24, 2.45) is 5.92 Å². The van der Waals surface area contributed by atoms with Gasteiger partial charge >= 0.3 is 6.09 Å². The molecule has 2 amide bonds. The third kappa shape index (κ3) is 6.51. The predicted octanol–water partition coefficient (Wildman–Crippen LogP) is 3.24. The average molecular weight is 391 g/mol. The summed E-state index contributed by atoms with van der Waals surface area (Å²) in [6.07, 6.45) is 1.57. The molecule has 0 aromatic heterocycles. The minimum Gasteiger partial charge on any atom is -0.444 e. The van der Waals surface area contributed by atoms with E-state index in [2.05, 4.69) is 0 Å². The van der Waals surface area contributed by atoms with Gasteiger partial charge in [-0.25, -0.2) is 4.79 Å². The minimum atomic E-state index is -0.515. The summed E-state index contributed by atoms with van der Waals surface area (Å²) in [5.41, 5.74) is 0.271. The lowest BCUT2D eigenvalue weighted by Gasteiger charge is -2.34. The van der Waals surface area contributed by atoms with Gasteiger partial charge in [0.2, 0.25) is 5.91 Å².